The molecule has 0 saturated heterocycles. The molecule has 0 spiro atoms. The van der Waals surface area contributed by atoms with Gasteiger partial charge in [-0.1, -0.05) is 68.4 Å². The van der Waals surface area contributed by atoms with E-state index in [9.17, 15) is 9.59 Å². The number of imide groups is 1. The highest BCUT2D eigenvalue weighted by molar-refractivity contribution is 6.26. The summed E-state index contributed by atoms with van der Waals surface area (Å²) in [5.74, 6) is 2.07. The van der Waals surface area contributed by atoms with Crippen molar-refractivity contribution in [2.75, 3.05) is 159 Å². The molecular weight excluding hydrogens is 1030 g/mol. The average molecular weight is 1110 g/mol. The fraction of sp³-hybridized carbons (Fsp3) is 0.446. The fourth-order valence-electron chi connectivity index (χ4n) is 9.94. The highest BCUT2D eigenvalue weighted by atomic mass is 16.5. The molecule has 2 amide bonds. The summed E-state index contributed by atoms with van der Waals surface area (Å²) in [6, 6.07) is 36.6. The number of rotatable bonds is 22. The maximum absolute atomic E-state index is 13.9. The van der Waals surface area contributed by atoms with Crippen LogP contribution >= 0.6 is 0 Å². The zero-order valence-corrected chi connectivity index (χ0v) is 48.4. The first-order chi connectivity index (χ1) is 39.6. The van der Waals surface area contributed by atoms with E-state index in [1.807, 2.05) is 37.3 Å². The Morgan fingerprint density at radius 3 is 2.12 bits per heavy atom. The number of carbonyl (C=O) groups excluding carboxylic acids is 2. The van der Waals surface area contributed by atoms with E-state index < -0.39 is 0 Å². The van der Waals surface area contributed by atoms with Gasteiger partial charge in [-0.2, -0.15) is 0 Å². The minimum atomic E-state index is -0.319. The normalized spacial score (nSPS) is 14.9. The standard InChI is InChI=1S/C65H83N5O11/c1-7-74-38-39-76-32-26-68-27-33-77-41-40-75-31-25-67-57-19-11-48(4)43-60(57)79-35-28-69(29-36-80-61-44-49(5)12-21-58(61)68)59-22-15-50(45-62(59)81-42-37-73-6)23-24-66-56-20-18-55-63-53(56)9-8-10-54(63)64(71)70(65(55)72)30-34-78-46-51-13-16-52(17-14-51)47(2)3/h8-22,43-45,47,66-67H,7,23-42,46H2,1-6H3. The van der Waals surface area contributed by atoms with E-state index in [-0.39, 0.29) is 25.0 Å². The van der Waals surface area contributed by atoms with E-state index in [1.54, 1.807) is 13.2 Å². The number of benzene rings is 6. The maximum Gasteiger partial charge on any atom is 0.261 e. The number of fused-ring (bicyclic) bond motifs is 2. The van der Waals surface area contributed by atoms with Crippen LogP contribution in [0.2, 0.25) is 0 Å². The summed E-state index contributed by atoms with van der Waals surface area (Å²) in [6.45, 7) is 20.5. The molecule has 2 aliphatic rings. The van der Waals surface area contributed by atoms with Crippen molar-refractivity contribution >= 4 is 45.3 Å². The van der Waals surface area contributed by atoms with Crippen molar-refractivity contribution in [1.29, 1.82) is 0 Å². The fourth-order valence-corrected chi connectivity index (χ4v) is 9.94. The maximum atomic E-state index is 13.9. The Bertz CT molecular complexity index is 2930. The van der Waals surface area contributed by atoms with Crippen LogP contribution in [0.15, 0.2) is 109 Å². The lowest BCUT2D eigenvalue weighted by molar-refractivity contribution is 0.0498. The third kappa shape index (κ3) is 17.1. The van der Waals surface area contributed by atoms with Gasteiger partial charge in [0.25, 0.3) is 11.8 Å². The summed E-state index contributed by atoms with van der Waals surface area (Å²) < 4.78 is 54.9. The molecule has 2 N–H and O–H groups in total. The minimum Gasteiger partial charge on any atom is -0.490 e. The first-order valence-corrected chi connectivity index (χ1v) is 28.7. The third-order valence-corrected chi connectivity index (χ3v) is 14.4. The summed E-state index contributed by atoms with van der Waals surface area (Å²) in [7, 11) is 1.67. The highest BCUT2D eigenvalue weighted by Crippen LogP contribution is 2.36. The molecule has 81 heavy (non-hydrogen) atoms. The Labute approximate surface area is 478 Å². The number of hydrogen-bond acceptors (Lipinski definition) is 15. The van der Waals surface area contributed by atoms with Gasteiger partial charge in [0.15, 0.2) is 0 Å². The summed E-state index contributed by atoms with van der Waals surface area (Å²) in [5.41, 5.74) is 10.2. The van der Waals surface area contributed by atoms with Crippen LogP contribution in [-0.4, -0.2) is 156 Å². The second kappa shape index (κ2) is 31.3. The van der Waals surface area contributed by atoms with E-state index >= 15 is 0 Å². The van der Waals surface area contributed by atoms with E-state index in [2.05, 4.69) is 121 Å². The lowest BCUT2D eigenvalue weighted by atomic mass is 9.93. The van der Waals surface area contributed by atoms with E-state index in [4.69, 9.17) is 42.6 Å². The molecule has 8 rings (SSSR count). The van der Waals surface area contributed by atoms with Gasteiger partial charge in [-0.15, -0.1) is 0 Å². The van der Waals surface area contributed by atoms with Crippen LogP contribution in [-0.2, 0) is 41.4 Å². The Kier molecular flexibility index (Phi) is 23.3. The smallest absolute Gasteiger partial charge is 0.261 e. The predicted octanol–water partition coefficient (Wildman–Crippen LogP) is 10.4. The molecule has 0 radical (unpaired) electrons. The molecule has 16 heteroatoms. The first kappa shape index (κ1) is 60.2. The molecule has 0 fully saturated rings. The molecule has 2 aliphatic heterocycles. The van der Waals surface area contributed by atoms with Crippen molar-refractivity contribution in [3.8, 4) is 17.2 Å². The number of carbonyl (C=O) groups is 2. The van der Waals surface area contributed by atoms with Crippen LogP contribution in [0, 0.1) is 13.8 Å². The SMILES string of the molecule is CCOCCOCCN1CCOCCOCCNc2ccc(C)cc2OCCN(c2ccc(CCNc3ccc4c5c(cccc35)C(=O)N(CCOCc3ccc(C(C)C)cc3)C4=O)cc2OCCOC)CCOc2cc(C)ccc21. The summed E-state index contributed by atoms with van der Waals surface area (Å²) >= 11 is 0. The van der Waals surface area contributed by atoms with E-state index in [1.165, 1.54) is 10.5 Å². The van der Waals surface area contributed by atoms with Gasteiger partial charge in [0.05, 0.1) is 103 Å². The molecule has 0 atom stereocenters. The van der Waals surface area contributed by atoms with Crippen molar-refractivity contribution in [2.24, 2.45) is 0 Å². The molecule has 6 aromatic rings. The number of anilines is 4. The van der Waals surface area contributed by atoms with Crippen LogP contribution < -0.4 is 34.6 Å². The van der Waals surface area contributed by atoms with Gasteiger partial charge in [0.1, 0.15) is 37.1 Å². The lowest BCUT2D eigenvalue weighted by Crippen LogP contribution is -2.42. The number of amides is 2. The van der Waals surface area contributed by atoms with Gasteiger partial charge in [0, 0.05) is 67.5 Å². The summed E-state index contributed by atoms with van der Waals surface area (Å²) in [4.78, 5) is 33.7. The monoisotopic (exact) mass is 1110 g/mol. The Morgan fingerprint density at radius 2 is 1.35 bits per heavy atom. The molecule has 0 saturated carbocycles. The van der Waals surface area contributed by atoms with Crippen molar-refractivity contribution in [1.82, 2.24) is 4.90 Å². The average Bonchev–Trinajstić information content (AvgIpc) is 3.67. The molecule has 16 nitrogen and oxygen atoms in total. The molecule has 0 aliphatic carbocycles. The Morgan fingerprint density at radius 1 is 0.642 bits per heavy atom. The number of aryl methyl sites for hydroxylation is 2. The van der Waals surface area contributed by atoms with Crippen LogP contribution in [0.5, 0.6) is 17.2 Å². The summed E-state index contributed by atoms with van der Waals surface area (Å²) in [6.07, 6.45) is 0.660. The zero-order chi connectivity index (χ0) is 56.8. The van der Waals surface area contributed by atoms with Crippen LogP contribution in [0.25, 0.3) is 10.8 Å². The Hall–Kier alpha value is -6.92. The van der Waals surface area contributed by atoms with Gasteiger partial charge in [-0.3, -0.25) is 14.5 Å². The highest BCUT2D eigenvalue weighted by Gasteiger charge is 2.33. The van der Waals surface area contributed by atoms with Gasteiger partial charge in [-0.25, -0.2) is 0 Å². The predicted molar refractivity (Wildman–Crippen MR) is 321 cm³/mol. The number of nitrogens with zero attached hydrogens (tertiary/aromatic N) is 3. The van der Waals surface area contributed by atoms with Gasteiger partial charge < -0.3 is 63.1 Å². The van der Waals surface area contributed by atoms with Crippen molar-refractivity contribution in [3.63, 3.8) is 0 Å². The molecule has 0 aromatic heterocycles. The molecule has 0 bridgehead atoms. The van der Waals surface area contributed by atoms with Gasteiger partial charge >= 0.3 is 0 Å². The summed E-state index contributed by atoms with van der Waals surface area (Å²) in [5, 5.41) is 8.62. The van der Waals surface area contributed by atoms with Crippen molar-refractivity contribution < 1.29 is 52.2 Å². The van der Waals surface area contributed by atoms with Crippen LogP contribution in [0.1, 0.15) is 75.2 Å². The topological polar surface area (TPSA) is 151 Å². The molecule has 2 heterocycles. The van der Waals surface area contributed by atoms with E-state index in [0.717, 1.165) is 61.9 Å². The van der Waals surface area contributed by atoms with Crippen LogP contribution in [0.4, 0.5) is 22.7 Å². The van der Waals surface area contributed by atoms with Crippen molar-refractivity contribution in [3.05, 3.63) is 148 Å². The second-order valence-electron chi connectivity index (χ2n) is 20.5. The van der Waals surface area contributed by atoms with Crippen LogP contribution in [0.3, 0.4) is 0 Å². The van der Waals surface area contributed by atoms with Gasteiger partial charge in [-0.05, 0) is 116 Å². The minimum absolute atomic E-state index is 0.159. The number of methoxy groups -OCH3 is 1. The molecular formula is C65H83N5O11. The second-order valence-corrected chi connectivity index (χ2v) is 20.5. The zero-order valence-electron chi connectivity index (χ0n) is 48.4. The number of hydrogen-bond donors (Lipinski definition) is 2. The van der Waals surface area contributed by atoms with E-state index in [0.29, 0.717) is 160 Å². The largest absolute Gasteiger partial charge is 0.490 e. The molecule has 6 aromatic carbocycles. The molecule has 0 unspecified atom stereocenters. The van der Waals surface area contributed by atoms with Crippen molar-refractivity contribution in [2.45, 2.75) is 53.6 Å². The quantitative estimate of drug-likeness (QED) is 0.0490. The lowest BCUT2D eigenvalue weighted by Gasteiger charge is -2.29. The first-order valence-electron chi connectivity index (χ1n) is 28.7. The number of nitrogens with one attached hydrogen (secondary N) is 2. The number of ether oxygens (including phenoxy) is 9. The Balaban J connectivity index is 0.982. The molecule has 434 valence electrons. The van der Waals surface area contributed by atoms with Gasteiger partial charge in [0.2, 0.25) is 0 Å². The third-order valence-electron chi connectivity index (χ3n) is 14.4.